The van der Waals surface area contributed by atoms with E-state index in [2.05, 4.69) is 29.3 Å². The van der Waals surface area contributed by atoms with Crippen LogP contribution in [0.5, 0.6) is 0 Å². The highest BCUT2D eigenvalue weighted by Gasteiger charge is 1.96. The van der Waals surface area contributed by atoms with E-state index in [0.29, 0.717) is 6.42 Å². The molecule has 64 valence electrons. The zero-order chi connectivity index (χ0) is 9.10. The number of benzene rings is 1. The summed E-state index contributed by atoms with van der Waals surface area (Å²) in [6.45, 7) is 0. The van der Waals surface area contributed by atoms with Crippen molar-refractivity contribution in [1.82, 2.24) is 4.98 Å². The topological polar surface area (TPSA) is 39.6 Å². The number of hydrogen-bond donors (Lipinski definition) is 1. The predicted molar refractivity (Wildman–Crippen MR) is 52.2 cm³/mol. The molecule has 2 nitrogen and oxygen atoms in total. The Balaban J connectivity index is 2.33. The molecule has 1 N–H and O–H groups in total. The third-order valence-electron chi connectivity index (χ3n) is 2.14. The van der Waals surface area contributed by atoms with Gasteiger partial charge in [-0.25, -0.2) is 0 Å². The lowest BCUT2D eigenvalue weighted by Crippen LogP contribution is -1.82. The number of nitrogens with one attached hydrogen (secondary N) is 1. The third-order valence-corrected chi connectivity index (χ3v) is 2.14. The van der Waals surface area contributed by atoms with E-state index >= 15 is 0 Å². The van der Waals surface area contributed by atoms with Crippen molar-refractivity contribution in [2.24, 2.45) is 0 Å². The summed E-state index contributed by atoms with van der Waals surface area (Å²) >= 11 is 0. The van der Waals surface area contributed by atoms with Crippen LogP contribution < -0.4 is 0 Å². The summed E-state index contributed by atoms with van der Waals surface area (Å²) in [7, 11) is 0. The van der Waals surface area contributed by atoms with Gasteiger partial charge in [-0.2, -0.15) is 5.26 Å². The van der Waals surface area contributed by atoms with Gasteiger partial charge >= 0.3 is 0 Å². The van der Waals surface area contributed by atoms with Gasteiger partial charge in [0, 0.05) is 18.1 Å². The second kappa shape index (κ2) is 3.32. The predicted octanol–water partition coefficient (Wildman–Crippen LogP) is 2.62. The largest absolute Gasteiger partial charge is 0.361 e. The Labute approximate surface area is 76.8 Å². The fraction of sp³-hybridized carbons (Fsp3) is 0.182. The van der Waals surface area contributed by atoms with E-state index < -0.39 is 0 Å². The molecule has 0 spiro atoms. The number of aromatic amines is 1. The van der Waals surface area contributed by atoms with Gasteiger partial charge in [-0.3, -0.25) is 0 Å². The molecule has 2 aromatic rings. The third kappa shape index (κ3) is 1.54. The highest BCUT2D eigenvalue weighted by Crippen LogP contribution is 2.14. The first-order valence-corrected chi connectivity index (χ1v) is 4.33. The van der Waals surface area contributed by atoms with Gasteiger partial charge in [0.25, 0.3) is 0 Å². The smallest absolute Gasteiger partial charge is 0.0625 e. The number of hydrogen-bond acceptors (Lipinski definition) is 1. The highest BCUT2D eigenvalue weighted by atomic mass is 14.7. The summed E-state index contributed by atoms with van der Waals surface area (Å²) in [6.07, 6.45) is 3.36. The fourth-order valence-corrected chi connectivity index (χ4v) is 1.45. The van der Waals surface area contributed by atoms with Gasteiger partial charge in [0.2, 0.25) is 0 Å². The molecule has 0 aliphatic rings. The van der Waals surface area contributed by atoms with Gasteiger partial charge in [0.1, 0.15) is 0 Å². The lowest BCUT2D eigenvalue weighted by atomic mass is 10.1. The lowest BCUT2D eigenvalue weighted by Gasteiger charge is -1.96. The number of nitriles is 1. The van der Waals surface area contributed by atoms with E-state index in [1.807, 2.05) is 12.3 Å². The van der Waals surface area contributed by atoms with Gasteiger partial charge in [-0.1, -0.05) is 12.1 Å². The Morgan fingerprint density at radius 2 is 2.23 bits per heavy atom. The van der Waals surface area contributed by atoms with E-state index in [1.54, 1.807) is 0 Å². The number of fused-ring (bicyclic) bond motifs is 1. The van der Waals surface area contributed by atoms with Crippen LogP contribution in [0.3, 0.4) is 0 Å². The molecule has 13 heavy (non-hydrogen) atoms. The Hall–Kier alpha value is -1.75. The van der Waals surface area contributed by atoms with Crippen LogP contribution in [-0.2, 0) is 6.42 Å². The molecule has 2 heteroatoms. The molecule has 1 aromatic carbocycles. The van der Waals surface area contributed by atoms with Crippen LogP contribution in [-0.4, -0.2) is 4.98 Å². The normalized spacial score (nSPS) is 10.1. The molecule has 0 atom stereocenters. The molecule has 0 saturated carbocycles. The number of aryl methyl sites for hydroxylation is 1. The van der Waals surface area contributed by atoms with Crippen molar-refractivity contribution in [3.05, 3.63) is 36.0 Å². The van der Waals surface area contributed by atoms with Crippen LogP contribution in [0.25, 0.3) is 10.9 Å². The van der Waals surface area contributed by atoms with Gasteiger partial charge in [-0.15, -0.1) is 0 Å². The van der Waals surface area contributed by atoms with E-state index in [4.69, 9.17) is 5.26 Å². The standard InChI is InChI=1S/C11H10N2/c12-6-1-2-9-3-4-10-5-7-13-11(10)8-9/h3-5,7-8,13H,1-2H2. The van der Waals surface area contributed by atoms with Crippen molar-refractivity contribution < 1.29 is 0 Å². The molecule has 0 aliphatic heterocycles. The number of nitrogens with zero attached hydrogens (tertiary/aromatic N) is 1. The van der Waals surface area contributed by atoms with E-state index in [1.165, 1.54) is 10.9 Å². The molecule has 0 saturated heterocycles. The first-order chi connectivity index (χ1) is 6.40. The van der Waals surface area contributed by atoms with Crippen molar-refractivity contribution in [1.29, 1.82) is 5.26 Å². The maximum absolute atomic E-state index is 8.44. The maximum atomic E-state index is 8.44. The maximum Gasteiger partial charge on any atom is 0.0625 e. The summed E-state index contributed by atoms with van der Waals surface area (Å²) in [6, 6.07) is 10.5. The number of H-pyrrole nitrogens is 1. The molecular formula is C11H10N2. The summed E-state index contributed by atoms with van der Waals surface area (Å²) in [5.41, 5.74) is 2.37. The van der Waals surface area contributed by atoms with Gasteiger partial charge in [0.15, 0.2) is 0 Å². The van der Waals surface area contributed by atoms with Crippen molar-refractivity contribution in [3.63, 3.8) is 0 Å². The van der Waals surface area contributed by atoms with E-state index in [-0.39, 0.29) is 0 Å². The van der Waals surface area contributed by atoms with Crippen LogP contribution in [0.4, 0.5) is 0 Å². The molecule has 1 aromatic heterocycles. The number of aromatic nitrogens is 1. The summed E-state index contributed by atoms with van der Waals surface area (Å²) in [5, 5.41) is 9.67. The average Bonchev–Trinajstić information content (AvgIpc) is 2.61. The molecule has 0 aliphatic carbocycles. The van der Waals surface area contributed by atoms with Crippen LogP contribution in [0.2, 0.25) is 0 Å². The molecule has 0 amide bonds. The first-order valence-electron chi connectivity index (χ1n) is 4.33. The zero-order valence-electron chi connectivity index (χ0n) is 7.25. The molecular weight excluding hydrogens is 160 g/mol. The highest BCUT2D eigenvalue weighted by molar-refractivity contribution is 5.79. The lowest BCUT2D eigenvalue weighted by molar-refractivity contribution is 1.01. The van der Waals surface area contributed by atoms with E-state index in [0.717, 1.165) is 11.9 Å². The minimum Gasteiger partial charge on any atom is -0.361 e. The molecule has 2 rings (SSSR count). The summed E-state index contributed by atoms with van der Waals surface area (Å²) < 4.78 is 0. The van der Waals surface area contributed by atoms with Crippen molar-refractivity contribution in [2.75, 3.05) is 0 Å². The van der Waals surface area contributed by atoms with Gasteiger partial charge in [0.05, 0.1) is 6.07 Å². The van der Waals surface area contributed by atoms with E-state index in [9.17, 15) is 0 Å². The second-order valence-corrected chi connectivity index (χ2v) is 3.06. The van der Waals surface area contributed by atoms with Gasteiger partial charge in [-0.05, 0) is 29.5 Å². The van der Waals surface area contributed by atoms with Crippen molar-refractivity contribution >= 4 is 10.9 Å². The summed E-state index contributed by atoms with van der Waals surface area (Å²) in [5.74, 6) is 0. The molecule has 0 bridgehead atoms. The quantitative estimate of drug-likeness (QED) is 0.739. The molecule has 0 unspecified atom stereocenters. The number of rotatable bonds is 2. The van der Waals surface area contributed by atoms with Crippen molar-refractivity contribution in [2.45, 2.75) is 12.8 Å². The minimum absolute atomic E-state index is 0.589. The monoisotopic (exact) mass is 170 g/mol. The zero-order valence-corrected chi connectivity index (χ0v) is 7.25. The Bertz CT molecular complexity index is 448. The Morgan fingerprint density at radius 1 is 1.31 bits per heavy atom. The molecule has 1 heterocycles. The van der Waals surface area contributed by atoms with Crippen LogP contribution in [0.1, 0.15) is 12.0 Å². The average molecular weight is 170 g/mol. The summed E-state index contributed by atoms with van der Waals surface area (Å²) in [4.78, 5) is 3.15. The van der Waals surface area contributed by atoms with Crippen molar-refractivity contribution in [3.8, 4) is 6.07 Å². The molecule has 0 fully saturated rings. The van der Waals surface area contributed by atoms with Crippen LogP contribution in [0, 0.1) is 11.3 Å². The van der Waals surface area contributed by atoms with Gasteiger partial charge < -0.3 is 4.98 Å². The second-order valence-electron chi connectivity index (χ2n) is 3.06. The van der Waals surface area contributed by atoms with Crippen LogP contribution >= 0.6 is 0 Å². The Morgan fingerprint density at radius 3 is 3.08 bits per heavy atom. The first kappa shape index (κ1) is 7.88. The van der Waals surface area contributed by atoms with Crippen LogP contribution in [0.15, 0.2) is 30.5 Å². The SMILES string of the molecule is N#CCCc1ccc2cc[nH]c2c1. The Kier molecular flexibility index (Phi) is 2.01. The minimum atomic E-state index is 0.589. The molecule has 0 radical (unpaired) electrons. The fourth-order valence-electron chi connectivity index (χ4n) is 1.45.